The molecule has 0 radical (unpaired) electrons. The third-order valence-electron chi connectivity index (χ3n) is 5.77. The largest absolute Gasteiger partial charge is 0.333 e. The monoisotopic (exact) mass is 369 g/mol. The van der Waals surface area contributed by atoms with Gasteiger partial charge in [0.05, 0.1) is 11.2 Å². The average molecular weight is 370 g/mol. The second kappa shape index (κ2) is 7.89. The van der Waals surface area contributed by atoms with Crippen LogP contribution in [0, 0.1) is 12.8 Å². The van der Waals surface area contributed by atoms with Crippen LogP contribution < -0.4 is 0 Å². The van der Waals surface area contributed by atoms with Crippen LogP contribution in [0.4, 0.5) is 0 Å². The predicted octanol–water partition coefficient (Wildman–Crippen LogP) is 3.62. The Morgan fingerprint density at radius 2 is 2.04 bits per heavy atom. The van der Waals surface area contributed by atoms with Gasteiger partial charge in [-0.1, -0.05) is 30.3 Å². The van der Waals surface area contributed by atoms with Crippen molar-refractivity contribution in [2.75, 3.05) is 26.2 Å². The van der Waals surface area contributed by atoms with E-state index in [2.05, 4.69) is 45.1 Å². The third kappa shape index (κ3) is 3.84. The molecule has 0 unspecified atom stereocenters. The van der Waals surface area contributed by atoms with Crippen LogP contribution in [0.25, 0.3) is 0 Å². The predicted molar refractivity (Wildman–Crippen MR) is 106 cm³/mol. The highest BCUT2D eigenvalue weighted by Crippen LogP contribution is 2.30. The van der Waals surface area contributed by atoms with Crippen LogP contribution in [0.3, 0.4) is 0 Å². The number of thiazole rings is 1. The number of benzene rings is 1. The maximum atomic E-state index is 13.0. The number of carbonyl (C=O) groups is 1. The van der Waals surface area contributed by atoms with Crippen LogP contribution in [0.5, 0.6) is 0 Å². The van der Waals surface area contributed by atoms with Gasteiger partial charge in [0.15, 0.2) is 0 Å². The molecule has 4 nitrogen and oxygen atoms in total. The summed E-state index contributed by atoms with van der Waals surface area (Å²) in [6.07, 6.45) is 4.72. The lowest BCUT2D eigenvalue weighted by molar-refractivity contribution is 0.0589. The maximum absolute atomic E-state index is 13.0. The minimum absolute atomic E-state index is 0.200. The number of hydrogen-bond donors (Lipinski definition) is 0. The Labute approximate surface area is 159 Å². The summed E-state index contributed by atoms with van der Waals surface area (Å²) < 4.78 is 0. The van der Waals surface area contributed by atoms with E-state index < -0.39 is 0 Å². The number of hydrogen-bond acceptors (Lipinski definition) is 4. The van der Waals surface area contributed by atoms with Gasteiger partial charge in [0.2, 0.25) is 0 Å². The molecule has 5 heteroatoms. The van der Waals surface area contributed by atoms with Gasteiger partial charge in [-0.25, -0.2) is 4.98 Å². The summed E-state index contributed by atoms with van der Waals surface area (Å²) in [5.74, 6) is 0.813. The van der Waals surface area contributed by atoms with E-state index in [1.54, 1.807) is 5.51 Å². The highest BCUT2D eigenvalue weighted by atomic mass is 32.1. The number of aryl methyl sites for hydroxylation is 2. The van der Waals surface area contributed by atoms with E-state index in [0.717, 1.165) is 49.6 Å². The van der Waals surface area contributed by atoms with Crippen molar-refractivity contribution in [1.29, 1.82) is 0 Å². The molecule has 1 amide bonds. The summed E-state index contributed by atoms with van der Waals surface area (Å²) in [5, 5.41) is 0. The zero-order valence-electron chi connectivity index (χ0n) is 15.4. The molecule has 0 saturated carbocycles. The van der Waals surface area contributed by atoms with Crippen LogP contribution in [0.1, 0.15) is 40.2 Å². The van der Waals surface area contributed by atoms with Crippen molar-refractivity contribution in [2.45, 2.75) is 38.6 Å². The lowest BCUT2D eigenvalue weighted by atomic mass is 9.95. The summed E-state index contributed by atoms with van der Waals surface area (Å²) in [4.78, 5) is 22.8. The van der Waals surface area contributed by atoms with E-state index >= 15 is 0 Å². The molecule has 0 N–H and O–H groups in total. The molecule has 4 heterocycles. The van der Waals surface area contributed by atoms with Gasteiger partial charge in [0, 0.05) is 25.7 Å². The van der Waals surface area contributed by atoms with E-state index in [1.807, 2.05) is 6.92 Å². The third-order valence-corrected chi connectivity index (χ3v) is 6.69. The van der Waals surface area contributed by atoms with Crippen LogP contribution >= 0.6 is 11.3 Å². The Morgan fingerprint density at radius 1 is 1.19 bits per heavy atom. The smallest absolute Gasteiger partial charge is 0.266 e. The van der Waals surface area contributed by atoms with Crippen molar-refractivity contribution < 1.29 is 4.79 Å². The van der Waals surface area contributed by atoms with Crippen molar-refractivity contribution in [1.82, 2.24) is 14.8 Å². The number of piperidine rings is 1. The van der Waals surface area contributed by atoms with Crippen molar-refractivity contribution >= 4 is 17.2 Å². The molecule has 3 aliphatic heterocycles. The Morgan fingerprint density at radius 3 is 2.81 bits per heavy atom. The molecule has 3 fully saturated rings. The first-order valence-corrected chi connectivity index (χ1v) is 10.6. The second-order valence-electron chi connectivity index (χ2n) is 7.67. The van der Waals surface area contributed by atoms with Crippen LogP contribution in [0.2, 0.25) is 0 Å². The molecule has 3 aliphatic rings. The van der Waals surface area contributed by atoms with Crippen molar-refractivity contribution in [3.63, 3.8) is 0 Å². The molecule has 5 rings (SSSR count). The van der Waals surface area contributed by atoms with Crippen molar-refractivity contribution in [3.8, 4) is 0 Å². The second-order valence-corrected chi connectivity index (χ2v) is 8.53. The van der Waals surface area contributed by atoms with E-state index in [-0.39, 0.29) is 5.91 Å². The molecule has 0 aliphatic carbocycles. The molecule has 2 bridgehead atoms. The first-order valence-electron chi connectivity index (χ1n) is 9.68. The first kappa shape index (κ1) is 17.7. The summed E-state index contributed by atoms with van der Waals surface area (Å²) >= 11 is 1.48. The summed E-state index contributed by atoms with van der Waals surface area (Å²) in [7, 11) is 0. The number of fused-ring (bicyclic) bond motifs is 4. The van der Waals surface area contributed by atoms with E-state index in [9.17, 15) is 4.79 Å². The molecule has 3 saturated heterocycles. The van der Waals surface area contributed by atoms with Crippen molar-refractivity contribution in [3.05, 3.63) is 52.0 Å². The lowest BCUT2D eigenvalue weighted by Crippen LogP contribution is -2.47. The quantitative estimate of drug-likeness (QED) is 0.808. The molecule has 2 atom stereocenters. The minimum atomic E-state index is 0.200. The number of amides is 1. The fourth-order valence-electron chi connectivity index (χ4n) is 4.40. The standard InChI is InChI=1S/C21H27N3OS/c1-16-20(26-15-22-16)21(25)24-13-18-9-10-19(24)14-23(12-18)11-5-8-17-6-3-2-4-7-17/h2-4,6-7,15,18-19H,5,8-14H2,1H3/t18-,19+/m0/s1. The first-order chi connectivity index (χ1) is 12.7. The molecule has 26 heavy (non-hydrogen) atoms. The molecule has 1 aromatic carbocycles. The zero-order chi connectivity index (χ0) is 17.9. The highest BCUT2D eigenvalue weighted by molar-refractivity contribution is 7.11. The van der Waals surface area contributed by atoms with Gasteiger partial charge in [-0.2, -0.15) is 0 Å². The van der Waals surface area contributed by atoms with Gasteiger partial charge < -0.3 is 9.80 Å². The van der Waals surface area contributed by atoms with Crippen LogP contribution in [-0.4, -0.2) is 52.9 Å². The molecule has 2 aromatic rings. The Balaban J connectivity index is 1.37. The number of aromatic nitrogens is 1. The van der Waals surface area contributed by atoms with Gasteiger partial charge in [-0.3, -0.25) is 4.79 Å². The van der Waals surface area contributed by atoms with Gasteiger partial charge in [0.1, 0.15) is 4.88 Å². The lowest BCUT2D eigenvalue weighted by Gasteiger charge is -2.36. The van der Waals surface area contributed by atoms with Crippen LogP contribution in [0.15, 0.2) is 35.8 Å². The van der Waals surface area contributed by atoms with Gasteiger partial charge in [0.25, 0.3) is 5.91 Å². The number of nitrogens with zero attached hydrogens (tertiary/aromatic N) is 3. The number of rotatable bonds is 5. The summed E-state index contributed by atoms with van der Waals surface area (Å²) in [5.41, 5.74) is 4.08. The molecule has 138 valence electrons. The van der Waals surface area contributed by atoms with Crippen molar-refractivity contribution in [2.24, 2.45) is 5.92 Å². The van der Waals surface area contributed by atoms with Gasteiger partial charge in [-0.05, 0) is 50.6 Å². The maximum Gasteiger partial charge on any atom is 0.266 e. The fraction of sp³-hybridized carbons (Fsp3) is 0.524. The summed E-state index contributed by atoms with van der Waals surface area (Å²) in [6.45, 7) is 6.14. The summed E-state index contributed by atoms with van der Waals surface area (Å²) in [6, 6.07) is 11.1. The molecule has 1 aromatic heterocycles. The van der Waals surface area contributed by atoms with E-state index in [0.29, 0.717) is 12.0 Å². The average Bonchev–Trinajstić information content (AvgIpc) is 2.89. The van der Waals surface area contributed by atoms with E-state index in [4.69, 9.17) is 0 Å². The normalized spacial score (nSPS) is 23.2. The zero-order valence-corrected chi connectivity index (χ0v) is 16.3. The Bertz CT molecular complexity index is 745. The number of carbonyl (C=O) groups excluding carboxylic acids is 1. The van der Waals surface area contributed by atoms with Gasteiger partial charge >= 0.3 is 0 Å². The molecule has 0 spiro atoms. The molecular formula is C21H27N3OS. The minimum Gasteiger partial charge on any atom is -0.333 e. The Hall–Kier alpha value is -1.72. The van der Waals surface area contributed by atoms with Crippen LogP contribution in [-0.2, 0) is 6.42 Å². The fourth-order valence-corrected chi connectivity index (χ4v) is 5.16. The highest BCUT2D eigenvalue weighted by Gasteiger charge is 2.37. The Kier molecular flexibility index (Phi) is 5.36. The molecular weight excluding hydrogens is 342 g/mol. The van der Waals surface area contributed by atoms with Gasteiger partial charge in [-0.15, -0.1) is 11.3 Å². The van der Waals surface area contributed by atoms with E-state index in [1.165, 1.54) is 29.7 Å². The SMILES string of the molecule is Cc1ncsc1C(=O)N1C[C@H]2CC[C@@H]1CN(CCCc1ccccc1)C2. The topological polar surface area (TPSA) is 36.4 Å².